The van der Waals surface area contributed by atoms with Crippen LogP contribution in [0, 0.1) is 6.42 Å². The van der Waals surface area contributed by atoms with Gasteiger partial charge in [0.25, 0.3) is 0 Å². The number of ether oxygens (including phenoxy) is 1. The molecule has 0 unspecified atom stereocenters. The highest BCUT2D eigenvalue weighted by molar-refractivity contribution is 4.79. The van der Waals surface area contributed by atoms with Crippen molar-refractivity contribution in [3.63, 3.8) is 0 Å². The lowest BCUT2D eigenvalue weighted by Crippen LogP contribution is -2.22. The molecule has 0 aromatic carbocycles. The average molecular weight is 114 g/mol. The van der Waals surface area contributed by atoms with E-state index in [9.17, 15) is 0 Å². The molecule has 1 fully saturated rings. The lowest BCUT2D eigenvalue weighted by Gasteiger charge is -2.18. The van der Waals surface area contributed by atoms with Gasteiger partial charge in [-0.3, -0.25) is 0 Å². The summed E-state index contributed by atoms with van der Waals surface area (Å²) in [7, 11) is 0. The molecule has 1 N–H and O–H groups in total. The summed E-state index contributed by atoms with van der Waals surface area (Å²) in [6.45, 7) is 0.859. The second kappa shape index (κ2) is 3.05. The van der Waals surface area contributed by atoms with E-state index in [1.54, 1.807) is 0 Å². The molecule has 0 aromatic heterocycles. The zero-order valence-electron chi connectivity index (χ0n) is 4.76. The standard InChI is InChI=1S/C6H10O2/c7-5-6-3-1-2-4-8-6/h6-7H,1-2,4-5H2/t6-/m0/s1. The van der Waals surface area contributed by atoms with Gasteiger partial charge in [-0.2, -0.15) is 0 Å². The third kappa shape index (κ3) is 1.46. The first-order chi connectivity index (χ1) is 3.93. The van der Waals surface area contributed by atoms with Crippen molar-refractivity contribution in [2.75, 3.05) is 13.2 Å². The van der Waals surface area contributed by atoms with Gasteiger partial charge in [0.15, 0.2) is 0 Å². The zero-order valence-corrected chi connectivity index (χ0v) is 4.76. The highest BCUT2D eigenvalue weighted by Gasteiger charge is 2.11. The normalized spacial score (nSPS) is 30.4. The van der Waals surface area contributed by atoms with E-state index in [0.29, 0.717) is 0 Å². The Morgan fingerprint density at radius 3 is 3.00 bits per heavy atom. The lowest BCUT2D eigenvalue weighted by molar-refractivity contribution is 0.0126. The van der Waals surface area contributed by atoms with Crippen LogP contribution in [0.1, 0.15) is 12.8 Å². The van der Waals surface area contributed by atoms with Gasteiger partial charge in [-0.25, -0.2) is 0 Å². The molecule has 0 aromatic rings. The molecule has 0 amide bonds. The third-order valence-electron chi connectivity index (χ3n) is 1.18. The molecule has 1 aliphatic heterocycles. The van der Waals surface area contributed by atoms with E-state index in [0.717, 1.165) is 19.4 Å². The van der Waals surface area contributed by atoms with Crippen LogP contribution in [0.3, 0.4) is 0 Å². The fraction of sp³-hybridized carbons (Fsp3) is 0.833. The molecule has 46 valence electrons. The van der Waals surface area contributed by atoms with Crippen LogP contribution in [0.2, 0.25) is 0 Å². The minimum absolute atomic E-state index is 0.0833. The van der Waals surface area contributed by atoms with E-state index in [1.165, 1.54) is 0 Å². The van der Waals surface area contributed by atoms with E-state index in [4.69, 9.17) is 9.84 Å². The second-order valence-electron chi connectivity index (χ2n) is 1.85. The summed E-state index contributed by atoms with van der Waals surface area (Å²) in [4.78, 5) is 0. The van der Waals surface area contributed by atoms with Crippen molar-refractivity contribution in [3.8, 4) is 0 Å². The van der Waals surface area contributed by atoms with Crippen molar-refractivity contribution in [1.82, 2.24) is 0 Å². The Bertz CT molecular complexity index is 57.5. The highest BCUT2D eigenvalue weighted by Crippen LogP contribution is 2.09. The van der Waals surface area contributed by atoms with E-state index in [-0.39, 0.29) is 12.7 Å². The van der Waals surface area contributed by atoms with Gasteiger partial charge in [-0.05, 0) is 12.8 Å². The summed E-state index contributed by atoms with van der Waals surface area (Å²) in [5, 5.41) is 8.50. The summed E-state index contributed by atoms with van der Waals surface area (Å²) in [5.74, 6) is 0. The van der Waals surface area contributed by atoms with Gasteiger partial charge in [-0.15, -0.1) is 0 Å². The third-order valence-corrected chi connectivity index (χ3v) is 1.18. The van der Waals surface area contributed by atoms with E-state index < -0.39 is 0 Å². The minimum Gasteiger partial charge on any atom is -0.394 e. The molecule has 2 nitrogen and oxygen atoms in total. The van der Waals surface area contributed by atoms with Crippen LogP contribution in [0.25, 0.3) is 0 Å². The quantitative estimate of drug-likeness (QED) is 0.529. The first-order valence-corrected chi connectivity index (χ1v) is 2.89. The number of rotatable bonds is 1. The Balaban J connectivity index is 2.13. The molecule has 0 saturated carbocycles. The Kier molecular flexibility index (Phi) is 2.30. The molecule has 1 atom stereocenters. The van der Waals surface area contributed by atoms with Crippen LogP contribution in [-0.2, 0) is 4.74 Å². The van der Waals surface area contributed by atoms with Gasteiger partial charge in [0.1, 0.15) is 0 Å². The van der Waals surface area contributed by atoms with E-state index in [1.807, 2.05) is 0 Å². The second-order valence-corrected chi connectivity index (χ2v) is 1.85. The van der Waals surface area contributed by atoms with Crippen LogP contribution < -0.4 is 0 Å². The zero-order chi connectivity index (χ0) is 5.82. The first kappa shape index (κ1) is 6.05. The summed E-state index contributed by atoms with van der Waals surface area (Å²) in [5.41, 5.74) is 0. The van der Waals surface area contributed by atoms with Gasteiger partial charge in [-0.1, -0.05) is 0 Å². The monoisotopic (exact) mass is 114 g/mol. The molecule has 1 aliphatic rings. The molecule has 0 bridgehead atoms. The van der Waals surface area contributed by atoms with E-state index >= 15 is 0 Å². The Labute approximate surface area is 49.5 Å². The number of aliphatic hydroxyl groups excluding tert-OH is 1. The maximum atomic E-state index is 8.50. The fourth-order valence-electron chi connectivity index (χ4n) is 0.737. The highest BCUT2D eigenvalue weighted by atomic mass is 16.5. The Morgan fingerprint density at radius 2 is 2.62 bits per heavy atom. The summed E-state index contributed by atoms with van der Waals surface area (Å²) in [6, 6.07) is 0. The van der Waals surface area contributed by atoms with E-state index in [2.05, 4.69) is 6.42 Å². The van der Waals surface area contributed by atoms with Crippen molar-refractivity contribution < 1.29 is 9.84 Å². The first-order valence-electron chi connectivity index (χ1n) is 2.89. The van der Waals surface area contributed by atoms with Crippen molar-refractivity contribution in [1.29, 1.82) is 0 Å². The predicted octanol–water partition coefficient (Wildman–Crippen LogP) is 0.239. The van der Waals surface area contributed by atoms with Crippen molar-refractivity contribution in [2.24, 2.45) is 0 Å². The van der Waals surface area contributed by atoms with Crippen molar-refractivity contribution in [3.05, 3.63) is 6.42 Å². The fourth-order valence-corrected chi connectivity index (χ4v) is 0.737. The van der Waals surface area contributed by atoms with Crippen LogP contribution in [0.5, 0.6) is 0 Å². The molecule has 8 heavy (non-hydrogen) atoms. The molecular formula is C6H10O2. The van der Waals surface area contributed by atoms with Gasteiger partial charge in [0.05, 0.1) is 12.7 Å². The number of aliphatic hydroxyl groups is 1. The largest absolute Gasteiger partial charge is 0.394 e. The summed E-state index contributed by atoms with van der Waals surface area (Å²) in [6.07, 6.45) is 4.90. The van der Waals surface area contributed by atoms with Crippen LogP contribution >= 0.6 is 0 Å². The molecule has 1 saturated heterocycles. The van der Waals surface area contributed by atoms with Gasteiger partial charge in [0, 0.05) is 13.0 Å². The predicted molar refractivity (Wildman–Crippen MR) is 29.3 cm³/mol. The summed E-state index contributed by atoms with van der Waals surface area (Å²) >= 11 is 0. The smallest absolute Gasteiger partial charge is 0.0874 e. The van der Waals surface area contributed by atoms with Crippen molar-refractivity contribution in [2.45, 2.75) is 18.9 Å². The number of hydrogen-bond donors (Lipinski definition) is 1. The molecule has 2 radical (unpaired) electrons. The van der Waals surface area contributed by atoms with Gasteiger partial charge >= 0.3 is 0 Å². The van der Waals surface area contributed by atoms with Crippen LogP contribution in [-0.4, -0.2) is 24.4 Å². The maximum absolute atomic E-state index is 8.50. The average Bonchev–Trinajstić information content (AvgIpc) is 1.90. The molecule has 0 aliphatic carbocycles. The molecular weight excluding hydrogens is 104 g/mol. The number of hydrogen-bond acceptors (Lipinski definition) is 2. The Morgan fingerprint density at radius 1 is 1.75 bits per heavy atom. The molecule has 2 heteroatoms. The van der Waals surface area contributed by atoms with Crippen LogP contribution in [0.15, 0.2) is 0 Å². The topological polar surface area (TPSA) is 29.5 Å². The minimum atomic E-state index is -0.108. The maximum Gasteiger partial charge on any atom is 0.0874 e. The van der Waals surface area contributed by atoms with Crippen LogP contribution in [0.4, 0.5) is 0 Å². The molecule has 1 rings (SSSR count). The van der Waals surface area contributed by atoms with Crippen molar-refractivity contribution >= 4 is 0 Å². The lowest BCUT2D eigenvalue weighted by atomic mass is 10.1. The SMILES string of the molecule is OC[C@@H]1[C]CCCO1. The molecule has 0 spiro atoms. The molecule has 1 heterocycles. The Hall–Kier alpha value is -0.0800. The summed E-state index contributed by atoms with van der Waals surface area (Å²) < 4.78 is 5.07. The van der Waals surface area contributed by atoms with Gasteiger partial charge < -0.3 is 9.84 Å². The van der Waals surface area contributed by atoms with Gasteiger partial charge in [0.2, 0.25) is 0 Å².